The Bertz CT molecular complexity index is 432. The van der Waals surface area contributed by atoms with Crippen LogP contribution in [0, 0.1) is 13.8 Å². The summed E-state index contributed by atoms with van der Waals surface area (Å²) in [7, 11) is 0. The summed E-state index contributed by atoms with van der Waals surface area (Å²) in [6, 6.07) is 4.04. The van der Waals surface area contributed by atoms with Gasteiger partial charge in [0, 0.05) is 18.6 Å². The summed E-state index contributed by atoms with van der Waals surface area (Å²) in [5.74, 6) is 1.02. The van der Waals surface area contributed by atoms with Gasteiger partial charge in [0.25, 0.3) is 0 Å². The van der Waals surface area contributed by atoms with E-state index >= 15 is 0 Å². The Morgan fingerprint density at radius 1 is 1.21 bits per heavy atom. The maximum atomic E-state index is 4.35. The molecule has 14 heavy (non-hydrogen) atoms. The summed E-state index contributed by atoms with van der Waals surface area (Å²) in [5, 5.41) is 0. The molecule has 0 aliphatic heterocycles. The van der Waals surface area contributed by atoms with Crippen LogP contribution in [0.4, 0.5) is 0 Å². The van der Waals surface area contributed by atoms with Crippen molar-refractivity contribution in [3.8, 4) is 0 Å². The normalized spacial score (nSPS) is 10.4. The largest absolute Gasteiger partial charge is 0.329 e. The second-order valence-corrected chi connectivity index (χ2v) is 3.37. The van der Waals surface area contributed by atoms with Crippen molar-refractivity contribution in [1.82, 2.24) is 14.5 Å². The van der Waals surface area contributed by atoms with Gasteiger partial charge < -0.3 is 4.57 Å². The van der Waals surface area contributed by atoms with Crippen LogP contribution >= 0.6 is 0 Å². The van der Waals surface area contributed by atoms with Crippen LogP contribution in [0.15, 0.2) is 30.7 Å². The summed E-state index contributed by atoms with van der Waals surface area (Å²) in [5.41, 5.74) is 2.33. The van der Waals surface area contributed by atoms with Gasteiger partial charge in [-0.15, -0.1) is 0 Å². The molecule has 2 aromatic heterocycles. The number of hydrogen-bond donors (Lipinski definition) is 0. The average molecular weight is 187 g/mol. The summed E-state index contributed by atoms with van der Waals surface area (Å²) in [6.45, 7) is 4.88. The number of imidazole rings is 1. The highest BCUT2D eigenvalue weighted by Crippen LogP contribution is 2.06. The fraction of sp³-hybridized carbons (Fsp3) is 0.273. The second kappa shape index (κ2) is 3.62. The first-order valence-corrected chi connectivity index (χ1v) is 4.65. The van der Waals surface area contributed by atoms with Crippen molar-refractivity contribution in [3.63, 3.8) is 0 Å². The molecule has 0 spiro atoms. The van der Waals surface area contributed by atoms with Crippen LogP contribution in [0.1, 0.15) is 17.1 Å². The van der Waals surface area contributed by atoms with E-state index < -0.39 is 0 Å². The molecule has 3 nitrogen and oxygen atoms in total. The molecule has 0 aromatic carbocycles. The first-order chi connectivity index (χ1) is 6.77. The first kappa shape index (κ1) is 8.94. The third kappa shape index (κ3) is 1.66. The van der Waals surface area contributed by atoms with Gasteiger partial charge in [0.2, 0.25) is 0 Å². The number of aromatic nitrogens is 3. The van der Waals surface area contributed by atoms with E-state index in [1.807, 2.05) is 31.6 Å². The molecule has 2 heterocycles. The van der Waals surface area contributed by atoms with E-state index in [0.717, 1.165) is 18.1 Å². The van der Waals surface area contributed by atoms with Crippen molar-refractivity contribution in [1.29, 1.82) is 0 Å². The van der Waals surface area contributed by atoms with Gasteiger partial charge in [-0.3, -0.25) is 4.98 Å². The Morgan fingerprint density at radius 3 is 2.71 bits per heavy atom. The van der Waals surface area contributed by atoms with Crippen LogP contribution in [0.25, 0.3) is 0 Å². The van der Waals surface area contributed by atoms with E-state index in [4.69, 9.17) is 0 Å². The van der Waals surface area contributed by atoms with Crippen LogP contribution in [-0.2, 0) is 6.54 Å². The van der Waals surface area contributed by atoms with Crippen molar-refractivity contribution in [2.24, 2.45) is 0 Å². The minimum atomic E-state index is 0.804. The van der Waals surface area contributed by atoms with E-state index in [0.29, 0.717) is 0 Å². The van der Waals surface area contributed by atoms with Gasteiger partial charge in [-0.25, -0.2) is 4.98 Å². The number of pyridine rings is 1. The van der Waals surface area contributed by atoms with Crippen molar-refractivity contribution in [2.45, 2.75) is 20.4 Å². The average Bonchev–Trinajstić information content (AvgIpc) is 2.56. The van der Waals surface area contributed by atoms with E-state index in [-0.39, 0.29) is 0 Å². The lowest BCUT2D eigenvalue weighted by molar-refractivity contribution is 0.737. The minimum absolute atomic E-state index is 0.804. The molecule has 0 aliphatic carbocycles. The summed E-state index contributed by atoms with van der Waals surface area (Å²) < 4.78 is 2.09. The topological polar surface area (TPSA) is 30.7 Å². The molecule has 0 saturated carbocycles. The van der Waals surface area contributed by atoms with Crippen LogP contribution < -0.4 is 0 Å². The van der Waals surface area contributed by atoms with E-state index in [9.17, 15) is 0 Å². The highest BCUT2D eigenvalue weighted by Gasteiger charge is 2.01. The van der Waals surface area contributed by atoms with Gasteiger partial charge in [0.05, 0.1) is 12.2 Å². The third-order valence-electron chi connectivity index (χ3n) is 2.36. The van der Waals surface area contributed by atoms with Gasteiger partial charge in [-0.05, 0) is 25.5 Å². The molecular weight excluding hydrogens is 174 g/mol. The predicted octanol–water partition coefficient (Wildman–Crippen LogP) is 1.94. The number of hydrogen-bond acceptors (Lipinski definition) is 2. The SMILES string of the molecule is Cc1cccnc1Cn1ccnc1C. The minimum Gasteiger partial charge on any atom is -0.329 e. The van der Waals surface area contributed by atoms with E-state index in [2.05, 4.69) is 27.5 Å². The smallest absolute Gasteiger partial charge is 0.105 e. The second-order valence-electron chi connectivity index (χ2n) is 3.37. The Kier molecular flexibility index (Phi) is 2.31. The van der Waals surface area contributed by atoms with Gasteiger partial charge >= 0.3 is 0 Å². The van der Waals surface area contributed by atoms with Crippen LogP contribution in [0.2, 0.25) is 0 Å². The summed E-state index contributed by atoms with van der Waals surface area (Å²) in [4.78, 5) is 8.52. The van der Waals surface area contributed by atoms with Gasteiger partial charge in [0.15, 0.2) is 0 Å². The standard InChI is InChI=1S/C11H13N3/c1-9-4-3-5-13-11(9)8-14-7-6-12-10(14)2/h3-7H,8H2,1-2H3. The zero-order valence-electron chi connectivity index (χ0n) is 8.44. The molecule has 0 radical (unpaired) electrons. The molecule has 0 aliphatic rings. The highest BCUT2D eigenvalue weighted by atomic mass is 15.1. The molecule has 72 valence electrons. The van der Waals surface area contributed by atoms with Crippen LogP contribution in [0.5, 0.6) is 0 Å². The maximum absolute atomic E-state index is 4.35. The summed E-state index contributed by atoms with van der Waals surface area (Å²) >= 11 is 0. The molecule has 0 bridgehead atoms. The third-order valence-corrected chi connectivity index (χ3v) is 2.36. The van der Waals surface area contributed by atoms with Crippen molar-refractivity contribution in [2.75, 3.05) is 0 Å². The lowest BCUT2D eigenvalue weighted by Crippen LogP contribution is -2.04. The zero-order chi connectivity index (χ0) is 9.97. The number of rotatable bonds is 2. The fourth-order valence-corrected chi connectivity index (χ4v) is 1.42. The van der Waals surface area contributed by atoms with Crippen molar-refractivity contribution < 1.29 is 0 Å². The van der Waals surface area contributed by atoms with E-state index in [1.54, 1.807) is 0 Å². The predicted molar refractivity (Wildman–Crippen MR) is 55.0 cm³/mol. The molecule has 0 fully saturated rings. The number of nitrogens with zero attached hydrogens (tertiary/aromatic N) is 3. The van der Waals surface area contributed by atoms with Gasteiger partial charge in [-0.1, -0.05) is 6.07 Å². The zero-order valence-corrected chi connectivity index (χ0v) is 8.44. The first-order valence-electron chi connectivity index (χ1n) is 4.65. The van der Waals surface area contributed by atoms with Gasteiger partial charge in [-0.2, -0.15) is 0 Å². The van der Waals surface area contributed by atoms with Crippen molar-refractivity contribution in [3.05, 3.63) is 47.8 Å². The Hall–Kier alpha value is -1.64. The quantitative estimate of drug-likeness (QED) is 0.719. The lowest BCUT2D eigenvalue weighted by atomic mass is 10.2. The molecule has 2 aromatic rings. The van der Waals surface area contributed by atoms with Crippen LogP contribution in [0.3, 0.4) is 0 Å². The van der Waals surface area contributed by atoms with Crippen molar-refractivity contribution >= 4 is 0 Å². The molecule has 0 atom stereocenters. The van der Waals surface area contributed by atoms with Crippen LogP contribution in [-0.4, -0.2) is 14.5 Å². The Balaban J connectivity index is 2.28. The molecule has 0 unspecified atom stereocenters. The fourth-order valence-electron chi connectivity index (χ4n) is 1.42. The molecular formula is C11H13N3. The monoisotopic (exact) mass is 187 g/mol. The molecule has 3 heteroatoms. The van der Waals surface area contributed by atoms with E-state index in [1.165, 1.54) is 5.56 Å². The Labute approximate surface area is 83.4 Å². The maximum Gasteiger partial charge on any atom is 0.105 e. The molecule has 0 saturated heterocycles. The molecule has 0 amide bonds. The Morgan fingerprint density at radius 2 is 2.07 bits per heavy atom. The van der Waals surface area contributed by atoms with Gasteiger partial charge in [0.1, 0.15) is 5.82 Å². The summed E-state index contributed by atoms with van der Waals surface area (Å²) in [6.07, 6.45) is 5.62. The molecule has 2 rings (SSSR count). The lowest BCUT2D eigenvalue weighted by Gasteiger charge is -2.06. The number of aryl methyl sites for hydroxylation is 2. The molecule has 0 N–H and O–H groups in total. The highest BCUT2D eigenvalue weighted by molar-refractivity contribution is 5.18.